The molecule has 1 heterocycles. The second-order valence-electron chi connectivity index (χ2n) is 9.99. The molecule has 1 aliphatic carbocycles. The first-order valence-corrected chi connectivity index (χ1v) is 14.1. The van der Waals surface area contributed by atoms with E-state index in [-0.39, 0.29) is 24.4 Å². The minimum absolute atomic E-state index is 0.0393. The summed E-state index contributed by atoms with van der Waals surface area (Å²) in [6, 6.07) is 23.9. The van der Waals surface area contributed by atoms with E-state index in [4.69, 9.17) is 9.47 Å². The molecule has 0 saturated heterocycles. The van der Waals surface area contributed by atoms with Crippen LogP contribution in [0.25, 0.3) is 10.8 Å². The highest BCUT2D eigenvalue weighted by Gasteiger charge is 2.35. The van der Waals surface area contributed by atoms with Crippen molar-refractivity contribution in [3.05, 3.63) is 93.7 Å². The summed E-state index contributed by atoms with van der Waals surface area (Å²) in [5.74, 6) is 1.23. The monoisotopic (exact) mass is 542 g/mol. The van der Waals surface area contributed by atoms with Gasteiger partial charge in [-0.15, -0.1) is 11.3 Å². The zero-order valence-corrected chi connectivity index (χ0v) is 23.5. The van der Waals surface area contributed by atoms with Crippen LogP contribution in [0, 0.1) is 6.92 Å². The topological polar surface area (TPSA) is 59.1 Å². The van der Waals surface area contributed by atoms with Gasteiger partial charge in [-0.2, -0.15) is 0 Å². The van der Waals surface area contributed by atoms with Crippen molar-refractivity contribution in [2.75, 3.05) is 27.3 Å². The molecule has 0 aliphatic heterocycles. The number of carbonyl (C=O) groups excluding carboxylic acids is 2. The van der Waals surface area contributed by atoms with Crippen molar-refractivity contribution in [2.24, 2.45) is 0 Å². The van der Waals surface area contributed by atoms with Crippen LogP contribution >= 0.6 is 11.3 Å². The maximum Gasteiger partial charge on any atom is 0.254 e. The molecule has 5 rings (SSSR count). The van der Waals surface area contributed by atoms with Crippen LogP contribution in [-0.2, 0) is 17.8 Å². The number of methoxy groups -OCH3 is 2. The van der Waals surface area contributed by atoms with Crippen LogP contribution in [0.3, 0.4) is 0 Å². The van der Waals surface area contributed by atoms with Gasteiger partial charge in [0.25, 0.3) is 5.91 Å². The molecule has 0 atom stereocenters. The third-order valence-electron chi connectivity index (χ3n) is 7.16. The minimum atomic E-state index is -0.0802. The molecule has 6 nitrogen and oxygen atoms in total. The summed E-state index contributed by atoms with van der Waals surface area (Å²) in [6.07, 6.45) is 2.53. The number of carbonyl (C=O) groups is 2. The van der Waals surface area contributed by atoms with E-state index in [1.807, 2.05) is 65.6 Å². The average Bonchev–Trinajstić information content (AvgIpc) is 3.73. The number of aryl methyl sites for hydroxylation is 1. The molecule has 0 unspecified atom stereocenters. The smallest absolute Gasteiger partial charge is 0.254 e. The Balaban J connectivity index is 1.34. The van der Waals surface area contributed by atoms with Crippen LogP contribution in [0.15, 0.2) is 72.8 Å². The summed E-state index contributed by atoms with van der Waals surface area (Å²) in [6.45, 7) is 3.20. The summed E-state index contributed by atoms with van der Waals surface area (Å²) in [5, 5.41) is 2.12. The molecular weight excluding hydrogens is 508 g/mol. The molecule has 4 aromatic rings. The Hall–Kier alpha value is -3.84. The number of benzene rings is 3. The second kappa shape index (κ2) is 11.9. The summed E-state index contributed by atoms with van der Waals surface area (Å²) >= 11 is 1.70. The first kappa shape index (κ1) is 26.8. The van der Waals surface area contributed by atoms with E-state index in [1.54, 1.807) is 30.5 Å². The van der Waals surface area contributed by atoms with Gasteiger partial charge in [0, 0.05) is 27.9 Å². The predicted octanol–water partition coefficient (Wildman–Crippen LogP) is 6.10. The van der Waals surface area contributed by atoms with Gasteiger partial charge in [0.15, 0.2) is 11.5 Å². The average molecular weight is 543 g/mol. The molecule has 1 fully saturated rings. The van der Waals surface area contributed by atoms with E-state index in [1.165, 1.54) is 4.88 Å². The summed E-state index contributed by atoms with van der Waals surface area (Å²) < 4.78 is 10.8. The van der Waals surface area contributed by atoms with E-state index in [2.05, 4.69) is 19.1 Å². The second-order valence-corrected chi connectivity index (χ2v) is 11.4. The molecule has 1 aromatic heterocycles. The normalized spacial score (nSPS) is 12.8. The SMILES string of the molecule is COc1ccc(CCN(Cc2ccc(C)s2)C(=O)CN(C(=O)c2ccc3ccccc3c2)C2CC2)cc1OC. The molecule has 0 N–H and O–H groups in total. The molecule has 0 bridgehead atoms. The summed E-state index contributed by atoms with van der Waals surface area (Å²) in [7, 11) is 3.24. The predicted molar refractivity (Wildman–Crippen MR) is 156 cm³/mol. The highest BCUT2D eigenvalue weighted by Crippen LogP contribution is 2.30. The van der Waals surface area contributed by atoms with Crippen LogP contribution in [-0.4, -0.2) is 55.0 Å². The molecule has 0 spiro atoms. The molecule has 2 amide bonds. The Bertz CT molecular complexity index is 1480. The van der Waals surface area contributed by atoms with Crippen molar-refractivity contribution in [2.45, 2.75) is 38.8 Å². The number of fused-ring (bicyclic) bond motifs is 1. The molecule has 0 radical (unpaired) electrons. The van der Waals surface area contributed by atoms with E-state index in [0.717, 1.165) is 34.1 Å². The van der Waals surface area contributed by atoms with Crippen molar-refractivity contribution in [3.8, 4) is 11.5 Å². The molecule has 3 aromatic carbocycles. The maximum atomic E-state index is 13.8. The van der Waals surface area contributed by atoms with Crippen molar-refractivity contribution in [1.82, 2.24) is 9.80 Å². The molecule has 202 valence electrons. The van der Waals surface area contributed by atoms with Gasteiger partial charge in [-0.05, 0) is 78.9 Å². The van der Waals surface area contributed by atoms with Gasteiger partial charge in [-0.3, -0.25) is 9.59 Å². The Morgan fingerprint density at radius 3 is 2.36 bits per heavy atom. The van der Waals surface area contributed by atoms with Gasteiger partial charge in [-0.25, -0.2) is 0 Å². The van der Waals surface area contributed by atoms with Crippen molar-refractivity contribution in [3.63, 3.8) is 0 Å². The Morgan fingerprint density at radius 1 is 0.897 bits per heavy atom. The van der Waals surface area contributed by atoms with Crippen LogP contribution in [0.1, 0.15) is 38.5 Å². The lowest BCUT2D eigenvalue weighted by Gasteiger charge is -2.28. The number of nitrogens with zero attached hydrogens (tertiary/aromatic N) is 2. The molecular formula is C32H34N2O4S. The number of amides is 2. The van der Waals surface area contributed by atoms with E-state index < -0.39 is 0 Å². The van der Waals surface area contributed by atoms with E-state index >= 15 is 0 Å². The summed E-state index contributed by atoms with van der Waals surface area (Å²) in [4.78, 5) is 33.4. The number of ether oxygens (including phenoxy) is 2. The zero-order chi connectivity index (χ0) is 27.4. The third kappa shape index (κ3) is 6.42. The number of rotatable bonds is 11. The van der Waals surface area contributed by atoms with Crippen molar-refractivity contribution in [1.29, 1.82) is 0 Å². The quantitative estimate of drug-likeness (QED) is 0.230. The molecule has 1 saturated carbocycles. The first-order valence-electron chi connectivity index (χ1n) is 13.3. The fraction of sp³-hybridized carbons (Fsp3) is 0.312. The molecule has 7 heteroatoms. The molecule has 39 heavy (non-hydrogen) atoms. The van der Waals surface area contributed by atoms with Gasteiger partial charge in [0.2, 0.25) is 5.91 Å². The lowest BCUT2D eigenvalue weighted by Crippen LogP contribution is -2.44. The highest BCUT2D eigenvalue weighted by atomic mass is 32.1. The number of hydrogen-bond acceptors (Lipinski definition) is 5. The molecule has 1 aliphatic rings. The fourth-order valence-corrected chi connectivity index (χ4v) is 5.74. The van der Waals surface area contributed by atoms with Crippen LogP contribution in [0.2, 0.25) is 0 Å². The van der Waals surface area contributed by atoms with Crippen molar-refractivity contribution < 1.29 is 19.1 Å². The Labute approximate surface area is 233 Å². The van der Waals surface area contributed by atoms with E-state index in [0.29, 0.717) is 36.6 Å². The van der Waals surface area contributed by atoms with Gasteiger partial charge in [-0.1, -0.05) is 36.4 Å². The van der Waals surface area contributed by atoms with Gasteiger partial charge < -0.3 is 19.3 Å². The first-order chi connectivity index (χ1) is 18.9. The van der Waals surface area contributed by atoms with Crippen molar-refractivity contribution >= 4 is 33.9 Å². The zero-order valence-electron chi connectivity index (χ0n) is 22.7. The van der Waals surface area contributed by atoms with Crippen LogP contribution < -0.4 is 9.47 Å². The summed E-state index contributed by atoms with van der Waals surface area (Å²) in [5.41, 5.74) is 1.68. The van der Waals surface area contributed by atoms with Gasteiger partial charge >= 0.3 is 0 Å². The van der Waals surface area contributed by atoms with Crippen LogP contribution in [0.4, 0.5) is 0 Å². The standard InChI is InChI=1S/C32H34N2O4S/c1-22-8-14-28(39-22)20-33(17-16-23-9-15-29(37-2)30(18-23)38-3)31(35)21-34(27-12-13-27)32(36)26-11-10-24-6-4-5-7-25(24)19-26/h4-11,14-15,18-19,27H,12-13,16-17,20-21H2,1-3H3. The maximum absolute atomic E-state index is 13.8. The van der Waals surface area contributed by atoms with E-state index in [9.17, 15) is 9.59 Å². The van der Waals surface area contributed by atoms with Gasteiger partial charge in [0.1, 0.15) is 6.54 Å². The highest BCUT2D eigenvalue weighted by molar-refractivity contribution is 7.11. The Kier molecular flexibility index (Phi) is 8.17. The minimum Gasteiger partial charge on any atom is -0.493 e. The third-order valence-corrected chi connectivity index (χ3v) is 8.15. The fourth-order valence-electron chi connectivity index (χ4n) is 4.84. The number of thiophene rings is 1. The lowest BCUT2D eigenvalue weighted by molar-refractivity contribution is -0.132. The largest absolute Gasteiger partial charge is 0.493 e. The van der Waals surface area contributed by atoms with Gasteiger partial charge in [0.05, 0.1) is 20.8 Å². The van der Waals surface area contributed by atoms with Crippen LogP contribution in [0.5, 0.6) is 11.5 Å². The Morgan fingerprint density at radius 2 is 1.67 bits per heavy atom. The number of hydrogen-bond donors (Lipinski definition) is 0. The lowest BCUT2D eigenvalue weighted by atomic mass is 10.1.